The Morgan fingerprint density at radius 2 is 1.19 bits per heavy atom. The minimum atomic E-state index is 0.410. The van der Waals surface area contributed by atoms with Gasteiger partial charge in [-0.25, -0.2) is 5.84 Å². The van der Waals surface area contributed by atoms with Crippen LogP contribution in [0.25, 0.3) is 0 Å². The third kappa shape index (κ3) is 32.3. The fourth-order valence-corrected chi connectivity index (χ4v) is 6.60. The summed E-state index contributed by atoms with van der Waals surface area (Å²) in [6, 6.07) is 6.08. The highest BCUT2D eigenvalue weighted by atomic mass is 31.1. The lowest BCUT2D eigenvalue weighted by Crippen LogP contribution is -2.43. The third-order valence-corrected chi connectivity index (χ3v) is 9.92. The molecule has 0 amide bonds. The van der Waals surface area contributed by atoms with Crippen LogP contribution in [-0.2, 0) is 4.52 Å². The monoisotopic (exact) mass is 695 g/mol. The number of nitrogens with zero attached hydrogens (tertiary/aromatic N) is 2. The van der Waals surface area contributed by atoms with Gasteiger partial charge >= 0.3 is 0 Å². The van der Waals surface area contributed by atoms with Crippen molar-refractivity contribution < 1.29 is 4.52 Å². The van der Waals surface area contributed by atoms with Crippen molar-refractivity contribution in [1.82, 2.24) is 4.90 Å². The second-order valence-electron chi connectivity index (χ2n) is 14.3. The number of hydrazine groups is 1. The van der Waals surface area contributed by atoms with Gasteiger partial charge in [0.1, 0.15) is 0 Å². The van der Waals surface area contributed by atoms with Crippen molar-refractivity contribution in [3.63, 3.8) is 0 Å². The quantitative estimate of drug-likeness (QED) is 0.0218. The van der Waals surface area contributed by atoms with E-state index < -0.39 is 0 Å². The predicted molar refractivity (Wildman–Crippen MR) is 223 cm³/mol. The zero-order valence-corrected chi connectivity index (χ0v) is 35.0. The molecule has 1 rings (SSSR count). The molecule has 0 aliphatic carbocycles. The van der Waals surface area contributed by atoms with Gasteiger partial charge in [0.05, 0.1) is 24.1 Å². The molecule has 1 aromatic rings. The van der Waals surface area contributed by atoms with Gasteiger partial charge < -0.3 is 10.3 Å². The molecule has 0 aliphatic rings. The predicted octanol–water partition coefficient (Wildman–Crippen LogP) is 13.4. The molecule has 0 spiro atoms. The van der Waals surface area contributed by atoms with Crippen molar-refractivity contribution in [2.24, 2.45) is 11.8 Å². The normalized spacial score (nSPS) is 11.9. The number of rotatable bonds is 29. The van der Waals surface area contributed by atoms with E-state index in [0.717, 1.165) is 37.1 Å². The van der Waals surface area contributed by atoms with E-state index >= 15 is 0 Å². The van der Waals surface area contributed by atoms with E-state index in [1.807, 2.05) is 32.6 Å². The van der Waals surface area contributed by atoms with Crippen molar-refractivity contribution in [2.45, 2.75) is 203 Å². The summed E-state index contributed by atoms with van der Waals surface area (Å²) >= 11 is 0. The molecule has 4 N–H and O–H groups in total. The molecule has 0 aliphatic heterocycles. The molecule has 5 nitrogen and oxygen atoms in total. The first-order chi connectivity index (χ1) is 23.2. The van der Waals surface area contributed by atoms with Crippen molar-refractivity contribution in [2.75, 3.05) is 37.2 Å². The van der Waals surface area contributed by atoms with Crippen molar-refractivity contribution >= 4 is 20.2 Å². The summed E-state index contributed by atoms with van der Waals surface area (Å²) in [6.07, 6.45) is 31.4. The Kier molecular flexibility index (Phi) is 38.4. The molecule has 0 heterocycles. The molecular formula is C42H87N4OP. The first-order valence-corrected chi connectivity index (χ1v) is 22.0. The summed E-state index contributed by atoms with van der Waals surface area (Å²) in [6.45, 7) is 22.4. The molecule has 0 radical (unpaired) electrons. The van der Waals surface area contributed by atoms with Crippen LogP contribution >= 0.6 is 8.81 Å². The highest BCUT2D eigenvalue weighted by molar-refractivity contribution is 7.31. The van der Waals surface area contributed by atoms with E-state index in [4.69, 9.17) is 16.1 Å². The summed E-state index contributed by atoms with van der Waals surface area (Å²) in [5.41, 5.74) is 8.98. The molecule has 0 saturated heterocycles. The third-order valence-electron chi connectivity index (χ3n) is 9.21. The molecule has 48 heavy (non-hydrogen) atoms. The minimum Gasteiger partial charge on any atom is -0.397 e. The van der Waals surface area contributed by atoms with E-state index in [1.165, 1.54) is 147 Å². The van der Waals surface area contributed by atoms with Gasteiger partial charge in [0, 0.05) is 8.81 Å². The minimum absolute atomic E-state index is 0.410. The highest BCUT2D eigenvalue weighted by Gasteiger charge is 2.10. The average molecular weight is 695 g/mol. The number of hydrogen-bond donors (Lipinski definition) is 2. The van der Waals surface area contributed by atoms with Gasteiger partial charge in [-0.15, -0.1) is 0 Å². The maximum Gasteiger partial charge on any atom is 0.0862 e. The van der Waals surface area contributed by atoms with Crippen LogP contribution in [0.3, 0.4) is 0 Å². The summed E-state index contributed by atoms with van der Waals surface area (Å²) in [7, 11) is 0.638. The van der Waals surface area contributed by atoms with E-state index in [1.54, 1.807) is 5.01 Å². The van der Waals surface area contributed by atoms with Gasteiger partial charge in [-0.3, -0.25) is 9.91 Å². The van der Waals surface area contributed by atoms with Crippen molar-refractivity contribution in [3.05, 3.63) is 23.8 Å². The van der Waals surface area contributed by atoms with Crippen LogP contribution < -0.4 is 16.6 Å². The Morgan fingerprint density at radius 1 is 0.688 bits per heavy atom. The molecule has 0 saturated carbocycles. The lowest BCUT2D eigenvalue weighted by atomic mass is 9.95. The Hall–Kier alpha value is -0.870. The zero-order valence-electron chi connectivity index (χ0n) is 34.0. The zero-order chi connectivity index (χ0) is 36.3. The molecule has 6 heteroatoms. The molecule has 1 aromatic carbocycles. The number of anilines is 2. The number of aryl methyl sites for hydroxylation is 1. The van der Waals surface area contributed by atoms with Gasteiger partial charge in [-0.2, -0.15) is 0 Å². The van der Waals surface area contributed by atoms with Crippen LogP contribution in [0.15, 0.2) is 18.2 Å². The van der Waals surface area contributed by atoms with Gasteiger partial charge in [-0.1, -0.05) is 176 Å². The van der Waals surface area contributed by atoms with Gasteiger partial charge in [-0.05, 0) is 70.6 Å². The molecule has 0 bridgehead atoms. The Labute approximate surface area is 304 Å². The maximum absolute atomic E-state index is 6.30. The first kappa shape index (κ1) is 49.2. The summed E-state index contributed by atoms with van der Waals surface area (Å²) in [5, 5.41) is 1.78. The second-order valence-corrected chi connectivity index (χ2v) is 14.9. The average Bonchev–Trinajstić information content (AvgIpc) is 3.06. The van der Waals surface area contributed by atoms with Crippen LogP contribution in [0.4, 0.5) is 11.4 Å². The van der Waals surface area contributed by atoms with Gasteiger partial charge in [0.25, 0.3) is 0 Å². The lowest BCUT2D eigenvalue weighted by Gasteiger charge is -2.28. The van der Waals surface area contributed by atoms with E-state index in [9.17, 15) is 0 Å². The van der Waals surface area contributed by atoms with Crippen LogP contribution in [0.1, 0.15) is 195 Å². The number of benzene rings is 1. The highest BCUT2D eigenvalue weighted by Crippen LogP contribution is 2.22. The van der Waals surface area contributed by atoms with Crippen LogP contribution in [0.5, 0.6) is 0 Å². The largest absolute Gasteiger partial charge is 0.397 e. The number of nitrogen functional groups attached to an aromatic ring is 1. The molecular weight excluding hydrogens is 607 g/mol. The van der Waals surface area contributed by atoms with Crippen LogP contribution in [-0.4, -0.2) is 37.4 Å². The molecule has 0 aromatic heterocycles. The number of unbranched alkanes of at least 4 members (excludes halogenated alkanes) is 16. The maximum atomic E-state index is 6.30. The number of nitrogens with two attached hydrogens (primary N) is 2. The summed E-state index contributed by atoms with van der Waals surface area (Å²) in [5.74, 6) is 7.31. The lowest BCUT2D eigenvalue weighted by molar-refractivity contribution is 0.279. The van der Waals surface area contributed by atoms with Gasteiger partial charge in [0.15, 0.2) is 0 Å². The van der Waals surface area contributed by atoms with Crippen LogP contribution in [0.2, 0.25) is 0 Å². The van der Waals surface area contributed by atoms with E-state index in [0.29, 0.717) is 14.9 Å². The fourth-order valence-electron chi connectivity index (χ4n) is 6.13. The van der Waals surface area contributed by atoms with Gasteiger partial charge in [0.2, 0.25) is 0 Å². The van der Waals surface area contributed by atoms with Crippen LogP contribution in [0, 0.1) is 12.8 Å². The second kappa shape index (κ2) is 37.4. The van der Waals surface area contributed by atoms with Crippen molar-refractivity contribution in [1.29, 1.82) is 0 Å². The van der Waals surface area contributed by atoms with Crippen molar-refractivity contribution in [3.8, 4) is 0 Å². The standard InChI is InChI=1S/C28H54N4.C10H22.C4H11OP/c1-4-6-7-8-9-10-11-12-13-14-15-16-17-18-19-20-23-31(5-2)25-32(30)28-22-21-26(3)24-27(28)29;1-4-7-9-10(6-3)8-5-2;1-4(2)5-6-3/h21-22,24H,4-20,23,25,29-30H2,1-3H3;10H,4-9H2,1-3H3;4,6H,1-3H3. The fraction of sp³-hybridized carbons (Fsp3) is 0.857. The van der Waals surface area contributed by atoms with E-state index in [2.05, 4.69) is 52.5 Å². The molecule has 2 atom stereocenters. The molecule has 286 valence electrons. The topological polar surface area (TPSA) is 67.8 Å². The Morgan fingerprint density at radius 3 is 1.56 bits per heavy atom. The number of hydrogen-bond acceptors (Lipinski definition) is 5. The summed E-state index contributed by atoms with van der Waals surface area (Å²) in [4.78, 5) is 2.41. The Bertz CT molecular complexity index is 778. The van der Waals surface area contributed by atoms with E-state index in [-0.39, 0.29) is 0 Å². The Balaban J connectivity index is 0. The first-order valence-electron chi connectivity index (χ1n) is 20.6. The smallest absolute Gasteiger partial charge is 0.0862 e. The molecule has 2 unspecified atom stereocenters. The SMILES string of the molecule is CCCCC(CC)CCC.CCCCCCCCCCCCCCCCCCN(CC)CN(N)c1ccc(C)cc1N.CPOC(C)C. The molecule has 0 fully saturated rings. The summed E-state index contributed by atoms with van der Waals surface area (Å²) < 4.78 is 5.07.